The zero-order valence-electron chi connectivity index (χ0n) is 13.0. The van der Waals surface area contributed by atoms with Gasteiger partial charge in [0.15, 0.2) is 0 Å². The zero-order valence-corrected chi connectivity index (χ0v) is 13.0. The summed E-state index contributed by atoms with van der Waals surface area (Å²) in [4.78, 5) is 24.4. The maximum absolute atomic E-state index is 11.8. The molecule has 24 heavy (non-hydrogen) atoms. The molecule has 1 aromatic carbocycles. The number of rotatable bonds is 6. The molecular formula is C16H18N4O4. The van der Waals surface area contributed by atoms with Crippen molar-refractivity contribution in [3.63, 3.8) is 0 Å². The lowest BCUT2D eigenvalue weighted by atomic mass is 10.2. The lowest BCUT2D eigenvalue weighted by molar-refractivity contribution is -0.137. The predicted molar refractivity (Wildman–Crippen MR) is 87.4 cm³/mol. The molecule has 8 nitrogen and oxygen atoms in total. The number of hydrogen-bond acceptors (Lipinski definition) is 6. The molecule has 0 spiro atoms. The Hall–Kier alpha value is -3.05. The van der Waals surface area contributed by atoms with Crippen LogP contribution in [-0.4, -0.2) is 49.8 Å². The molecule has 0 unspecified atom stereocenters. The molecule has 1 aliphatic heterocycles. The highest BCUT2D eigenvalue weighted by atomic mass is 16.5. The first-order valence-electron chi connectivity index (χ1n) is 7.40. The third-order valence-electron chi connectivity index (χ3n) is 3.39. The number of hydrogen-bond donors (Lipinski definition) is 3. The molecule has 0 bridgehead atoms. The highest BCUT2D eigenvalue weighted by Crippen LogP contribution is 2.26. The summed E-state index contributed by atoms with van der Waals surface area (Å²) in [5.41, 5.74) is 1.49. The van der Waals surface area contributed by atoms with Gasteiger partial charge in [0.25, 0.3) is 5.91 Å². The quantitative estimate of drug-likeness (QED) is 0.515. The summed E-state index contributed by atoms with van der Waals surface area (Å²) >= 11 is 0. The minimum absolute atomic E-state index is 0.201. The number of carboxylic acid groups (broad SMARTS) is 1. The van der Waals surface area contributed by atoms with E-state index in [0.29, 0.717) is 13.2 Å². The van der Waals surface area contributed by atoms with Crippen molar-refractivity contribution in [2.24, 2.45) is 0 Å². The van der Waals surface area contributed by atoms with Gasteiger partial charge < -0.3 is 25.4 Å². The number of aliphatic carboxylic acids is 1. The fourth-order valence-electron chi connectivity index (χ4n) is 2.23. The molecule has 2 rings (SSSR count). The summed E-state index contributed by atoms with van der Waals surface area (Å²) < 4.78 is 5.34. The van der Waals surface area contributed by atoms with Crippen LogP contribution in [0.3, 0.4) is 0 Å². The summed E-state index contributed by atoms with van der Waals surface area (Å²) in [6.07, 6.45) is 1.27. The monoisotopic (exact) mass is 330 g/mol. The number of carboxylic acids is 1. The van der Waals surface area contributed by atoms with Gasteiger partial charge in [-0.1, -0.05) is 12.1 Å². The number of ether oxygens (including phenoxy) is 1. The summed E-state index contributed by atoms with van der Waals surface area (Å²) in [7, 11) is 0. The number of nitrogens with zero attached hydrogens (tertiary/aromatic N) is 2. The van der Waals surface area contributed by atoms with E-state index in [1.54, 1.807) is 6.07 Å². The smallest absolute Gasteiger partial charge is 0.322 e. The van der Waals surface area contributed by atoms with Gasteiger partial charge >= 0.3 is 5.97 Å². The van der Waals surface area contributed by atoms with Gasteiger partial charge in [-0.15, -0.1) is 0 Å². The standard InChI is InChI=1S/C16H18N4O4/c17-9-12(16(23)19-11-15(21)22)10-18-13-3-1-2-4-14(13)20-5-7-24-8-6-20/h1-4,10,18H,5-8,11H2,(H,19,23)(H,21,22)/b12-10-. The van der Waals surface area contributed by atoms with Crippen LogP contribution in [0.1, 0.15) is 0 Å². The topological polar surface area (TPSA) is 115 Å². The third-order valence-corrected chi connectivity index (χ3v) is 3.39. The van der Waals surface area contributed by atoms with Crippen LogP contribution < -0.4 is 15.5 Å². The number of para-hydroxylation sites is 2. The second kappa shape index (κ2) is 8.55. The number of amides is 1. The maximum Gasteiger partial charge on any atom is 0.322 e. The van der Waals surface area contributed by atoms with Gasteiger partial charge in [0.1, 0.15) is 18.2 Å². The van der Waals surface area contributed by atoms with Crippen molar-refractivity contribution in [1.29, 1.82) is 5.26 Å². The van der Waals surface area contributed by atoms with Crippen molar-refractivity contribution < 1.29 is 19.4 Å². The molecule has 1 aliphatic rings. The largest absolute Gasteiger partial charge is 0.480 e. The van der Waals surface area contributed by atoms with E-state index in [4.69, 9.17) is 15.1 Å². The van der Waals surface area contributed by atoms with Crippen LogP contribution in [0.2, 0.25) is 0 Å². The Labute approximate surface area is 139 Å². The first kappa shape index (κ1) is 17.3. The first-order chi connectivity index (χ1) is 11.6. The molecule has 0 radical (unpaired) electrons. The fourth-order valence-corrected chi connectivity index (χ4v) is 2.23. The van der Waals surface area contributed by atoms with Crippen molar-refractivity contribution in [1.82, 2.24) is 5.32 Å². The molecule has 126 valence electrons. The van der Waals surface area contributed by atoms with Crippen LogP contribution in [0.5, 0.6) is 0 Å². The molecule has 0 saturated carbocycles. The number of nitriles is 1. The highest BCUT2D eigenvalue weighted by molar-refractivity contribution is 5.98. The zero-order chi connectivity index (χ0) is 17.4. The fraction of sp³-hybridized carbons (Fsp3) is 0.312. The van der Waals surface area contributed by atoms with Crippen LogP contribution in [-0.2, 0) is 14.3 Å². The Bertz CT molecular complexity index is 675. The van der Waals surface area contributed by atoms with Gasteiger partial charge in [0, 0.05) is 19.3 Å². The summed E-state index contributed by atoms with van der Waals surface area (Å²) in [5.74, 6) is -1.91. The van der Waals surface area contributed by atoms with Gasteiger partial charge in [0.2, 0.25) is 0 Å². The summed E-state index contributed by atoms with van der Waals surface area (Å²) in [6, 6.07) is 9.29. The maximum atomic E-state index is 11.8. The SMILES string of the molecule is N#C/C(=C/Nc1ccccc1N1CCOCC1)C(=O)NCC(=O)O. The molecule has 3 N–H and O–H groups in total. The molecule has 8 heteroatoms. The van der Waals surface area contributed by atoms with Crippen LogP contribution in [0, 0.1) is 11.3 Å². The number of benzene rings is 1. The molecule has 1 heterocycles. The molecule has 0 aromatic heterocycles. The van der Waals surface area contributed by atoms with Crippen LogP contribution >= 0.6 is 0 Å². The second-order valence-corrected chi connectivity index (χ2v) is 5.01. The number of nitrogens with one attached hydrogen (secondary N) is 2. The van der Waals surface area contributed by atoms with Gasteiger partial charge in [-0.25, -0.2) is 0 Å². The summed E-state index contributed by atoms with van der Waals surface area (Å²) in [6.45, 7) is 2.26. The Kier molecular flexibility index (Phi) is 6.16. The van der Waals surface area contributed by atoms with Crippen LogP contribution in [0.4, 0.5) is 11.4 Å². The van der Waals surface area contributed by atoms with E-state index in [1.807, 2.05) is 24.3 Å². The van der Waals surface area contributed by atoms with Crippen molar-refractivity contribution >= 4 is 23.3 Å². The molecule has 1 saturated heterocycles. The van der Waals surface area contributed by atoms with E-state index in [1.165, 1.54) is 6.20 Å². The first-order valence-corrected chi connectivity index (χ1v) is 7.40. The third kappa shape index (κ3) is 4.72. The number of carbonyl (C=O) groups excluding carboxylic acids is 1. The lowest BCUT2D eigenvalue weighted by Gasteiger charge is -2.30. The Morgan fingerprint density at radius 3 is 2.71 bits per heavy atom. The molecule has 0 aliphatic carbocycles. The Morgan fingerprint density at radius 1 is 1.33 bits per heavy atom. The van der Waals surface area contributed by atoms with Crippen LogP contribution in [0.25, 0.3) is 0 Å². The normalized spacial score (nSPS) is 14.6. The van der Waals surface area contributed by atoms with Crippen molar-refractivity contribution in [3.05, 3.63) is 36.0 Å². The van der Waals surface area contributed by atoms with Crippen molar-refractivity contribution in [2.45, 2.75) is 0 Å². The number of anilines is 2. The van der Waals surface area contributed by atoms with Gasteiger partial charge in [-0.3, -0.25) is 9.59 Å². The number of carbonyl (C=O) groups is 2. The van der Waals surface area contributed by atoms with E-state index >= 15 is 0 Å². The van der Waals surface area contributed by atoms with Crippen molar-refractivity contribution in [3.8, 4) is 6.07 Å². The van der Waals surface area contributed by atoms with Crippen molar-refractivity contribution in [2.75, 3.05) is 43.1 Å². The van der Waals surface area contributed by atoms with E-state index in [0.717, 1.165) is 24.5 Å². The van der Waals surface area contributed by atoms with Crippen LogP contribution in [0.15, 0.2) is 36.0 Å². The number of morpholine rings is 1. The second-order valence-electron chi connectivity index (χ2n) is 5.01. The van der Waals surface area contributed by atoms with Gasteiger partial charge in [-0.2, -0.15) is 5.26 Å². The van der Waals surface area contributed by atoms with E-state index in [9.17, 15) is 9.59 Å². The van der Waals surface area contributed by atoms with Gasteiger partial charge in [0.05, 0.1) is 24.6 Å². The average molecular weight is 330 g/mol. The minimum Gasteiger partial charge on any atom is -0.480 e. The predicted octanol–water partition coefficient (Wildman–Crippen LogP) is 0.543. The molecule has 1 fully saturated rings. The average Bonchev–Trinajstić information content (AvgIpc) is 2.61. The lowest BCUT2D eigenvalue weighted by Crippen LogP contribution is -2.36. The minimum atomic E-state index is -1.17. The highest BCUT2D eigenvalue weighted by Gasteiger charge is 2.15. The van der Waals surface area contributed by atoms with E-state index in [2.05, 4.69) is 15.5 Å². The molecular weight excluding hydrogens is 312 g/mol. The molecule has 1 aromatic rings. The molecule has 1 amide bonds. The molecule has 0 atom stereocenters. The van der Waals surface area contributed by atoms with Gasteiger partial charge in [-0.05, 0) is 12.1 Å². The van der Waals surface area contributed by atoms with E-state index in [-0.39, 0.29) is 5.57 Å². The summed E-state index contributed by atoms with van der Waals surface area (Å²) in [5, 5.41) is 22.7. The Balaban J connectivity index is 2.10. The van der Waals surface area contributed by atoms with E-state index < -0.39 is 18.4 Å². The Morgan fingerprint density at radius 2 is 2.04 bits per heavy atom.